The van der Waals surface area contributed by atoms with Crippen LogP contribution in [-0.4, -0.2) is 67.3 Å². The van der Waals surface area contributed by atoms with Gasteiger partial charge >= 0.3 is 5.97 Å². The number of carbonyl (C=O) groups excluding carboxylic acids is 1. The minimum absolute atomic E-state index is 0.0659. The van der Waals surface area contributed by atoms with Crippen LogP contribution >= 0.6 is 0 Å². The highest BCUT2D eigenvalue weighted by Crippen LogP contribution is 2.19. The lowest BCUT2D eigenvalue weighted by Crippen LogP contribution is -2.36. The summed E-state index contributed by atoms with van der Waals surface area (Å²) in [6.45, 7) is 1.06. The summed E-state index contributed by atoms with van der Waals surface area (Å²) >= 11 is 0. The van der Waals surface area contributed by atoms with Crippen molar-refractivity contribution in [2.45, 2.75) is 0 Å². The number of aromatic carboxylic acids is 1. The first-order chi connectivity index (χ1) is 10.9. The van der Waals surface area contributed by atoms with Crippen molar-refractivity contribution in [2.75, 3.05) is 40.5 Å². The quantitative estimate of drug-likeness (QED) is 0.531. The van der Waals surface area contributed by atoms with E-state index in [2.05, 4.69) is 0 Å². The molecule has 1 rings (SSSR count). The van der Waals surface area contributed by atoms with E-state index in [1.165, 1.54) is 19.1 Å². The molecule has 0 radical (unpaired) electrons. The monoisotopic (exact) mass is 326 g/mol. The number of nitro benzene ring substituents is 1. The van der Waals surface area contributed by atoms with Gasteiger partial charge in [-0.1, -0.05) is 0 Å². The van der Waals surface area contributed by atoms with Crippen LogP contribution in [0, 0.1) is 10.1 Å². The van der Waals surface area contributed by atoms with E-state index in [4.69, 9.17) is 14.6 Å². The second-order valence-electron chi connectivity index (χ2n) is 4.61. The van der Waals surface area contributed by atoms with E-state index in [1.807, 2.05) is 0 Å². The minimum Gasteiger partial charge on any atom is -0.478 e. The van der Waals surface area contributed by atoms with Gasteiger partial charge in [0.05, 0.1) is 23.7 Å². The molecule has 1 N–H and O–H groups in total. The van der Waals surface area contributed by atoms with E-state index in [0.717, 1.165) is 18.2 Å². The Morgan fingerprint density at radius 3 is 2.09 bits per heavy atom. The van der Waals surface area contributed by atoms with Crippen LogP contribution in [0.5, 0.6) is 0 Å². The third-order valence-electron chi connectivity index (χ3n) is 3.04. The Balaban J connectivity index is 3.15. The summed E-state index contributed by atoms with van der Waals surface area (Å²) in [6, 6.07) is 3.08. The zero-order valence-corrected chi connectivity index (χ0v) is 12.9. The molecule has 0 saturated heterocycles. The molecule has 126 valence electrons. The van der Waals surface area contributed by atoms with E-state index < -0.39 is 22.5 Å². The summed E-state index contributed by atoms with van der Waals surface area (Å²) in [5, 5.41) is 19.9. The number of carbonyl (C=O) groups is 2. The average Bonchev–Trinajstić information content (AvgIpc) is 2.53. The summed E-state index contributed by atoms with van der Waals surface area (Å²) in [4.78, 5) is 35.1. The van der Waals surface area contributed by atoms with Gasteiger partial charge in [0.2, 0.25) is 0 Å². The van der Waals surface area contributed by atoms with Crippen LogP contribution in [0.15, 0.2) is 18.2 Å². The molecule has 1 aromatic carbocycles. The number of rotatable bonds is 9. The van der Waals surface area contributed by atoms with Crippen LogP contribution in [0.2, 0.25) is 0 Å². The molecule has 0 aliphatic rings. The maximum atomic E-state index is 12.5. The van der Waals surface area contributed by atoms with Crippen LogP contribution in [0.4, 0.5) is 5.69 Å². The van der Waals surface area contributed by atoms with E-state index in [0.29, 0.717) is 0 Å². The van der Waals surface area contributed by atoms with Gasteiger partial charge in [-0.15, -0.1) is 0 Å². The second kappa shape index (κ2) is 8.81. The number of ether oxygens (including phenoxy) is 2. The predicted octanol–water partition coefficient (Wildman–Crippen LogP) is 1.03. The Labute approximate surface area is 132 Å². The fourth-order valence-electron chi connectivity index (χ4n) is 1.86. The largest absolute Gasteiger partial charge is 0.478 e. The number of hydrogen-bond acceptors (Lipinski definition) is 6. The molecular formula is C14H18N2O7. The number of carboxylic acids is 1. The van der Waals surface area contributed by atoms with E-state index in [1.54, 1.807) is 0 Å². The third-order valence-corrected chi connectivity index (χ3v) is 3.04. The van der Waals surface area contributed by atoms with Crippen molar-refractivity contribution in [1.29, 1.82) is 0 Å². The van der Waals surface area contributed by atoms with Crippen molar-refractivity contribution in [3.8, 4) is 0 Å². The SMILES string of the molecule is COCCN(CCOC)C(=O)c1cc(C(=O)O)cc([N+](=O)[O-])c1. The van der Waals surface area contributed by atoms with Crippen molar-refractivity contribution in [1.82, 2.24) is 4.90 Å². The minimum atomic E-state index is -1.34. The number of methoxy groups -OCH3 is 2. The van der Waals surface area contributed by atoms with Gasteiger partial charge in [0, 0.05) is 45.0 Å². The lowest BCUT2D eigenvalue weighted by Gasteiger charge is -2.22. The molecule has 9 heteroatoms. The first-order valence-electron chi connectivity index (χ1n) is 6.70. The number of benzene rings is 1. The normalized spacial score (nSPS) is 10.3. The van der Waals surface area contributed by atoms with Crippen LogP contribution in [0.25, 0.3) is 0 Å². The van der Waals surface area contributed by atoms with Crippen molar-refractivity contribution in [3.05, 3.63) is 39.4 Å². The summed E-state index contributed by atoms with van der Waals surface area (Å²) in [5.41, 5.74) is -0.837. The van der Waals surface area contributed by atoms with Gasteiger partial charge in [-0.25, -0.2) is 4.79 Å². The lowest BCUT2D eigenvalue weighted by molar-refractivity contribution is -0.384. The number of amides is 1. The highest BCUT2D eigenvalue weighted by atomic mass is 16.6. The van der Waals surface area contributed by atoms with Gasteiger partial charge in [0.1, 0.15) is 0 Å². The molecular weight excluding hydrogens is 308 g/mol. The average molecular weight is 326 g/mol. The van der Waals surface area contributed by atoms with E-state index in [9.17, 15) is 19.7 Å². The summed E-state index contributed by atoms with van der Waals surface area (Å²) in [7, 11) is 2.96. The van der Waals surface area contributed by atoms with Crippen LogP contribution in [0.3, 0.4) is 0 Å². The Kier molecular flexibility index (Phi) is 7.10. The zero-order chi connectivity index (χ0) is 17.4. The molecule has 0 aliphatic heterocycles. The Morgan fingerprint density at radius 1 is 1.13 bits per heavy atom. The summed E-state index contributed by atoms with van der Waals surface area (Å²) in [5.74, 6) is -1.87. The molecule has 0 unspecified atom stereocenters. The molecule has 0 aliphatic carbocycles. The lowest BCUT2D eigenvalue weighted by atomic mass is 10.1. The highest BCUT2D eigenvalue weighted by Gasteiger charge is 2.21. The molecule has 9 nitrogen and oxygen atoms in total. The number of non-ortho nitro benzene ring substituents is 1. The molecule has 0 fully saturated rings. The fourth-order valence-corrected chi connectivity index (χ4v) is 1.86. The van der Waals surface area contributed by atoms with Crippen molar-refractivity contribution < 1.29 is 29.1 Å². The standard InChI is InChI=1S/C14H18N2O7/c1-22-5-3-15(4-6-23-2)13(17)10-7-11(14(18)19)9-12(8-10)16(20)21/h7-9H,3-6H2,1-2H3,(H,18,19). The second-order valence-corrected chi connectivity index (χ2v) is 4.61. The van der Waals surface area contributed by atoms with E-state index in [-0.39, 0.29) is 37.4 Å². The van der Waals surface area contributed by atoms with Gasteiger partial charge in [0.15, 0.2) is 0 Å². The van der Waals surface area contributed by atoms with Gasteiger partial charge < -0.3 is 19.5 Å². The van der Waals surface area contributed by atoms with Crippen molar-refractivity contribution >= 4 is 17.6 Å². The summed E-state index contributed by atoms with van der Waals surface area (Å²) < 4.78 is 9.85. The number of nitrogens with zero attached hydrogens (tertiary/aromatic N) is 2. The molecule has 1 aromatic rings. The van der Waals surface area contributed by atoms with Crippen molar-refractivity contribution in [3.63, 3.8) is 0 Å². The van der Waals surface area contributed by atoms with Gasteiger partial charge in [0.25, 0.3) is 11.6 Å². The Morgan fingerprint density at radius 2 is 1.65 bits per heavy atom. The number of nitro groups is 1. The topological polar surface area (TPSA) is 119 Å². The van der Waals surface area contributed by atoms with Gasteiger partial charge in [-0.3, -0.25) is 14.9 Å². The first-order valence-corrected chi connectivity index (χ1v) is 6.70. The van der Waals surface area contributed by atoms with Crippen molar-refractivity contribution in [2.24, 2.45) is 0 Å². The maximum Gasteiger partial charge on any atom is 0.335 e. The number of hydrogen-bond donors (Lipinski definition) is 1. The fraction of sp³-hybridized carbons (Fsp3) is 0.429. The first kappa shape index (κ1) is 18.5. The molecule has 0 atom stereocenters. The zero-order valence-electron chi connectivity index (χ0n) is 12.9. The molecule has 0 spiro atoms. The molecule has 0 aromatic heterocycles. The Bertz CT molecular complexity index is 548. The highest BCUT2D eigenvalue weighted by molar-refractivity contribution is 5.98. The maximum absolute atomic E-state index is 12.5. The van der Waals surface area contributed by atoms with Crippen LogP contribution in [-0.2, 0) is 9.47 Å². The molecule has 23 heavy (non-hydrogen) atoms. The predicted molar refractivity (Wildman–Crippen MR) is 79.7 cm³/mol. The molecule has 0 saturated carbocycles. The smallest absolute Gasteiger partial charge is 0.335 e. The molecule has 0 bridgehead atoms. The van der Waals surface area contributed by atoms with Gasteiger partial charge in [-0.2, -0.15) is 0 Å². The van der Waals surface area contributed by atoms with Crippen LogP contribution < -0.4 is 0 Å². The van der Waals surface area contributed by atoms with Crippen LogP contribution in [0.1, 0.15) is 20.7 Å². The molecule has 0 heterocycles. The van der Waals surface area contributed by atoms with E-state index >= 15 is 0 Å². The Hall–Kier alpha value is -2.52. The summed E-state index contributed by atoms with van der Waals surface area (Å²) in [6.07, 6.45) is 0. The molecule has 1 amide bonds. The third kappa shape index (κ3) is 5.31. The number of carboxylic acid groups (broad SMARTS) is 1. The van der Waals surface area contributed by atoms with Gasteiger partial charge in [-0.05, 0) is 6.07 Å².